The molecule has 0 aromatic heterocycles. The summed E-state index contributed by atoms with van der Waals surface area (Å²) in [5.74, 6) is 1.55. The number of aliphatic imine (C=N–C) groups is 1. The molecule has 2 rings (SSSR count). The second-order valence-corrected chi connectivity index (χ2v) is 5.48. The quantitative estimate of drug-likeness (QED) is 0.783. The van der Waals surface area contributed by atoms with Crippen LogP contribution in [0.2, 0.25) is 0 Å². The van der Waals surface area contributed by atoms with Crippen LogP contribution >= 0.6 is 0 Å². The van der Waals surface area contributed by atoms with E-state index in [1.165, 1.54) is 32.1 Å². The van der Waals surface area contributed by atoms with Crippen LogP contribution in [0.25, 0.3) is 0 Å². The van der Waals surface area contributed by atoms with Crippen LogP contribution in [0.1, 0.15) is 52.9 Å². The van der Waals surface area contributed by atoms with E-state index < -0.39 is 0 Å². The highest BCUT2D eigenvalue weighted by molar-refractivity contribution is 6.23. The fraction of sp³-hybridized carbons (Fsp3) is 0.733. The van der Waals surface area contributed by atoms with Gasteiger partial charge in [-0.3, -0.25) is 4.99 Å². The molecule has 1 saturated carbocycles. The molecule has 0 saturated heterocycles. The molecular weight excluding hydrogens is 238 g/mol. The number of amidine groups is 1. The zero-order valence-corrected chi connectivity index (χ0v) is 12.4. The van der Waals surface area contributed by atoms with Crippen LogP contribution in [-0.4, -0.2) is 35.4 Å². The Morgan fingerprint density at radius 1 is 1.37 bits per heavy atom. The second kappa shape index (κ2) is 6.22. The molecule has 0 amide bonds. The van der Waals surface area contributed by atoms with Crippen LogP contribution in [-0.2, 0) is 4.74 Å². The molecule has 0 spiro atoms. The molecule has 2 aliphatic rings. The second-order valence-electron chi connectivity index (χ2n) is 5.48. The third kappa shape index (κ3) is 3.17. The molecule has 0 N–H and O–H groups in total. The highest BCUT2D eigenvalue weighted by atomic mass is 16.5. The number of rotatable bonds is 3. The van der Waals surface area contributed by atoms with Crippen molar-refractivity contribution in [1.82, 2.24) is 5.01 Å². The van der Waals surface area contributed by atoms with Crippen molar-refractivity contribution in [3.05, 3.63) is 12.2 Å². The molecule has 1 aliphatic heterocycles. The first kappa shape index (κ1) is 14.1. The summed E-state index contributed by atoms with van der Waals surface area (Å²) in [7, 11) is 0. The molecule has 0 radical (unpaired) electrons. The molecular formula is C15H25N3O. The van der Waals surface area contributed by atoms with Crippen LogP contribution in [0.3, 0.4) is 0 Å². The van der Waals surface area contributed by atoms with Gasteiger partial charge in [-0.05, 0) is 33.6 Å². The molecule has 1 aliphatic carbocycles. The summed E-state index contributed by atoms with van der Waals surface area (Å²) < 4.78 is 5.75. The smallest absolute Gasteiger partial charge is 0.242 e. The number of hydrogen-bond donors (Lipinski definition) is 0. The van der Waals surface area contributed by atoms with E-state index in [9.17, 15) is 0 Å². The van der Waals surface area contributed by atoms with Gasteiger partial charge in [0.15, 0.2) is 5.84 Å². The first-order chi connectivity index (χ1) is 9.13. The third-order valence-corrected chi connectivity index (χ3v) is 3.52. The van der Waals surface area contributed by atoms with Gasteiger partial charge in [0, 0.05) is 6.54 Å². The molecule has 106 valence electrons. The van der Waals surface area contributed by atoms with Crippen molar-refractivity contribution in [2.75, 3.05) is 6.54 Å². The lowest BCUT2D eigenvalue weighted by Crippen LogP contribution is -2.35. The van der Waals surface area contributed by atoms with Gasteiger partial charge >= 0.3 is 0 Å². The Morgan fingerprint density at radius 2 is 2.05 bits per heavy atom. The van der Waals surface area contributed by atoms with E-state index in [1.807, 2.05) is 20.8 Å². The Morgan fingerprint density at radius 3 is 2.63 bits per heavy atom. The van der Waals surface area contributed by atoms with Crippen LogP contribution in [0.15, 0.2) is 22.2 Å². The molecule has 4 nitrogen and oxygen atoms in total. The van der Waals surface area contributed by atoms with Gasteiger partial charge in [-0.1, -0.05) is 25.8 Å². The third-order valence-electron chi connectivity index (χ3n) is 3.52. The molecule has 1 fully saturated rings. The molecule has 19 heavy (non-hydrogen) atoms. The van der Waals surface area contributed by atoms with E-state index in [1.54, 1.807) is 0 Å². The van der Waals surface area contributed by atoms with Gasteiger partial charge in [-0.2, -0.15) is 0 Å². The average Bonchev–Trinajstić information content (AvgIpc) is 2.69. The summed E-state index contributed by atoms with van der Waals surface area (Å²) >= 11 is 0. The Kier molecular flexibility index (Phi) is 4.61. The van der Waals surface area contributed by atoms with E-state index in [4.69, 9.17) is 4.74 Å². The van der Waals surface area contributed by atoms with Crippen molar-refractivity contribution >= 4 is 11.7 Å². The Labute approximate surface area is 116 Å². The Balaban J connectivity index is 2.19. The molecule has 4 heteroatoms. The maximum absolute atomic E-state index is 5.75. The Hall–Kier alpha value is -1.32. The van der Waals surface area contributed by atoms with Crippen molar-refractivity contribution in [2.24, 2.45) is 10.1 Å². The van der Waals surface area contributed by atoms with Crippen molar-refractivity contribution in [3.8, 4) is 0 Å². The van der Waals surface area contributed by atoms with E-state index in [0.29, 0.717) is 11.9 Å². The van der Waals surface area contributed by atoms with E-state index in [0.717, 1.165) is 18.0 Å². The fourth-order valence-corrected chi connectivity index (χ4v) is 2.66. The van der Waals surface area contributed by atoms with Crippen molar-refractivity contribution in [1.29, 1.82) is 0 Å². The standard InChI is InChI=1S/C15H25N3O/c1-5-16-14-12(4)15(19-11(2)3)17-18(14)13-9-7-6-8-10-13/h11,13H,4-10H2,1-3H3. The van der Waals surface area contributed by atoms with Crippen LogP contribution < -0.4 is 0 Å². The van der Waals surface area contributed by atoms with Gasteiger partial charge in [0.05, 0.1) is 17.7 Å². The normalized spacial score (nSPS) is 23.4. The predicted octanol–water partition coefficient (Wildman–Crippen LogP) is 3.35. The topological polar surface area (TPSA) is 37.2 Å². The monoisotopic (exact) mass is 263 g/mol. The summed E-state index contributed by atoms with van der Waals surface area (Å²) in [5.41, 5.74) is 0.834. The number of nitrogens with zero attached hydrogens (tertiary/aromatic N) is 3. The molecule has 0 bridgehead atoms. The fourth-order valence-electron chi connectivity index (χ4n) is 2.66. The zero-order chi connectivity index (χ0) is 13.8. The van der Waals surface area contributed by atoms with Crippen molar-refractivity contribution < 1.29 is 4.74 Å². The lowest BCUT2D eigenvalue weighted by atomic mass is 9.95. The lowest BCUT2D eigenvalue weighted by molar-refractivity contribution is 0.214. The minimum atomic E-state index is 0.115. The van der Waals surface area contributed by atoms with Gasteiger partial charge in [-0.15, -0.1) is 5.10 Å². The summed E-state index contributed by atoms with van der Waals surface area (Å²) in [6, 6.07) is 0.462. The maximum atomic E-state index is 5.75. The van der Waals surface area contributed by atoms with E-state index in [2.05, 4.69) is 21.7 Å². The van der Waals surface area contributed by atoms with Crippen molar-refractivity contribution in [3.63, 3.8) is 0 Å². The van der Waals surface area contributed by atoms with Gasteiger partial charge < -0.3 is 4.74 Å². The van der Waals surface area contributed by atoms with Crippen LogP contribution in [0, 0.1) is 0 Å². The molecule has 0 atom stereocenters. The van der Waals surface area contributed by atoms with Crippen LogP contribution in [0.5, 0.6) is 0 Å². The largest absolute Gasteiger partial charge is 0.473 e. The number of hydrazone groups is 1. The van der Waals surface area contributed by atoms with Gasteiger partial charge in [0.1, 0.15) is 0 Å². The summed E-state index contributed by atoms with van der Waals surface area (Å²) in [6.07, 6.45) is 6.39. The van der Waals surface area contributed by atoms with Gasteiger partial charge in [0.25, 0.3) is 0 Å². The molecule has 1 heterocycles. The van der Waals surface area contributed by atoms with Crippen LogP contribution in [0.4, 0.5) is 0 Å². The van der Waals surface area contributed by atoms with E-state index in [-0.39, 0.29) is 6.10 Å². The minimum Gasteiger partial charge on any atom is -0.473 e. The number of hydrogen-bond acceptors (Lipinski definition) is 3. The highest BCUT2D eigenvalue weighted by Crippen LogP contribution is 2.28. The summed E-state index contributed by atoms with van der Waals surface area (Å²) in [6.45, 7) is 10.9. The number of ether oxygens (including phenoxy) is 1. The minimum absolute atomic E-state index is 0.115. The molecule has 0 aromatic carbocycles. The first-order valence-corrected chi connectivity index (χ1v) is 7.42. The summed E-state index contributed by atoms with van der Waals surface area (Å²) in [5, 5.41) is 6.69. The zero-order valence-electron chi connectivity index (χ0n) is 12.4. The Bertz CT molecular complexity index is 392. The average molecular weight is 263 g/mol. The maximum Gasteiger partial charge on any atom is 0.242 e. The van der Waals surface area contributed by atoms with Crippen molar-refractivity contribution in [2.45, 2.75) is 65.0 Å². The first-order valence-electron chi connectivity index (χ1n) is 7.42. The van der Waals surface area contributed by atoms with E-state index >= 15 is 0 Å². The highest BCUT2D eigenvalue weighted by Gasteiger charge is 2.33. The summed E-state index contributed by atoms with van der Waals surface area (Å²) in [4.78, 5) is 4.57. The molecule has 0 unspecified atom stereocenters. The lowest BCUT2D eigenvalue weighted by Gasteiger charge is -2.29. The predicted molar refractivity (Wildman–Crippen MR) is 79.5 cm³/mol. The van der Waals surface area contributed by atoms with Gasteiger partial charge in [-0.25, -0.2) is 5.01 Å². The SMILES string of the molecule is C=C1C(OC(C)C)=NN(C2CCCCC2)C1=NCC. The molecule has 0 aromatic rings. The van der Waals surface area contributed by atoms with Gasteiger partial charge in [0.2, 0.25) is 5.90 Å².